The largest absolute Gasteiger partial charge is 0.507 e. The SMILES string of the molecule is COc1ccc(OC)c(/C(O)=C2\C(=O)C(=O)N(c3ccc(C(C)C)cc3)C2c2ccc(C(C)(C)C)cc2)c1. The van der Waals surface area contributed by atoms with E-state index < -0.39 is 17.7 Å². The number of amides is 1. The zero-order valence-corrected chi connectivity index (χ0v) is 23.0. The van der Waals surface area contributed by atoms with Gasteiger partial charge in [0, 0.05) is 5.69 Å². The summed E-state index contributed by atoms with van der Waals surface area (Å²) in [4.78, 5) is 28.6. The van der Waals surface area contributed by atoms with Gasteiger partial charge in [0.1, 0.15) is 17.3 Å². The molecule has 0 aromatic heterocycles. The molecule has 0 bridgehead atoms. The second-order valence-electron chi connectivity index (χ2n) is 10.9. The molecular formula is C32H35NO5. The number of carbonyl (C=O) groups excluding carboxylic acids is 2. The van der Waals surface area contributed by atoms with Crippen molar-refractivity contribution < 1.29 is 24.2 Å². The van der Waals surface area contributed by atoms with Gasteiger partial charge in [0.15, 0.2) is 0 Å². The molecule has 0 spiro atoms. The fourth-order valence-corrected chi connectivity index (χ4v) is 4.74. The van der Waals surface area contributed by atoms with Gasteiger partial charge in [-0.25, -0.2) is 0 Å². The summed E-state index contributed by atoms with van der Waals surface area (Å²) in [6, 6.07) is 19.6. The first kappa shape index (κ1) is 27.0. The number of anilines is 1. The average Bonchev–Trinajstić information content (AvgIpc) is 3.17. The van der Waals surface area contributed by atoms with Crippen LogP contribution in [0.4, 0.5) is 5.69 Å². The Kier molecular flexibility index (Phi) is 7.36. The Hall–Kier alpha value is -4.06. The normalized spacial score (nSPS) is 17.3. The lowest BCUT2D eigenvalue weighted by Crippen LogP contribution is -2.29. The highest BCUT2D eigenvalue weighted by Gasteiger charge is 2.47. The van der Waals surface area contributed by atoms with Crippen LogP contribution in [-0.2, 0) is 15.0 Å². The molecule has 6 nitrogen and oxygen atoms in total. The standard InChI is InChI=1S/C32H35NO5/c1-19(2)20-10-14-23(15-11-20)33-28(21-8-12-22(13-9-21)32(3,4)5)27(30(35)31(33)36)29(34)25-18-24(37-6)16-17-26(25)38-7/h8-19,28,34H,1-7H3/b29-27+. The van der Waals surface area contributed by atoms with Crippen molar-refractivity contribution in [1.29, 1.82) is 0 Å². The molecule has 3 aromatic rings. The Balaban J connectivity index is 1.95. The molecule has 1 unspecified atom stereocenters. The molecule has 38 heavy (non-hydrogen) atoms. The maximum absolute atomic E-state index is 13.6. The van der Waals surface area contributed by atoms with Crippen LogP contribution < -0.4 is 14.4 Å². The highest BCUT2D eigenvalue weighted by atomic mass is 16.5. The molecular weight excluding hydrogens is 478 g/mol. The smallest absolute Gasteiger partial charge is 0.300 e. The van der Waals surface area contributed by atoms with Crippen molar-refractivity contribution in [2.45, 2.75) is 52.0 Å². The van der Waals surface area contributed by atoms with Crippen molar-refractivity contribution in [3.63, 3.8) is 0 Å². The summed E-state index contributed by atoms with van der Waals surface area (Å²) in [6.07, 6.45) is 0. The predicted octanol–water partition coefficient (Wildman–Crippen LogP) is 6.75. The molecule has 1 heterocycles. The molecule has 0 aliphatic carbocycles. The second-order valence-corrected chi connectivity index (χ2v) is 10.9. The molecule has 1 aliphatic heterocycles. The van der Waals surface area contributed by atoms with E-state index in [0.29, 0.717) is 28.7 Å². The minimum atomic E-state index is -0.829. The van der Waals surface area contributed by atoms with E-state index in [0.717, 1.165) is 11.1 Å². The number of aliphatic hydroxyl groups is 1. The molecule has 0 radical (unpaired) electrons. The summed E-state index contributed by atoms with van der Waals surface area (Å²) in [5.41, 5.74) is 3.74. The maximum Gasteiger partial charge on any atom is 0.300 e. The number of benzene rings is 3. The molecule has 1 N–H and O–H groups in total. The van der Waals surface area contributed by atoms with Gasteiger partial charge >= 0.3 is 0 Å². The minimum absolute atomic E-state index is 0.00185. The summed E-state index contributed by atoms with van der Waals surface area (Å²) < 4.78 is 10.8. The zero-order chi connectivity index (χ0) is 27.8. The summed E-state index contributed by atoms with van der Waals surface area (Å²) in [7, 11) is 3.00. The fraction of sp³-hybridized carbons (Fsp3) is 0.312. The quantitative estimate of drug-likeness (QED) is 0.224. The Labute approximate surface area is 224 Å². The number of methoxy groups -OCH3 is 2. The third-order valence-electron chi connectivity index (χ3n) is 7.04. The first-order valence-electron chi connectivity index (χ1n) is 12.7. The van der Waals surface area contributed by atoms with E-state index in [-0.39, 0.29) is 22.3 Å². The van der Waals surface area contributed by atoms with Crippen molar-refractivity contribution in [1.82, 2.24) is 0 Å². The number of hydrogen-bond acceptors (Lipinski definition) is 5. The van der Waals surface area contributed by atoms with Crippen molar-refractivity contribution in [3.05, 3.63) is 94.6 Å². The van der Waals surface area contributed by atoms with Crippen LogP contribution in [0.3, 0.4) is 0 Å². The molecule has 1 atom stereocenters. The lowest BCUT2D eigenvalue weighted by atomic mass is 9.85. The second kappa shape index (κ2) is 10.4. The maximum atomic E-state index is 13.6. The van der Waals surface area contributed by atoms with Gasteiger partial charge in [-0.3, -0.25) is 14.5 Å². The van der Waals surface area contributed by atoms with E-state index in [1.54, 1.807) is 18.2 Å². The van der Waals surface area contributed by atoms with Crippen LogP contribution in [0, 0.1) is 0 Å². The first-order chi connectivity index (χ1) is 18.0. The molecule has 1 saturated heterocycles. The molecule has 1 aliphatic rings. The van der Waals surface area contributed by atoms with Gasteiger partial charge in [0.2, 0.25) is 0 Å². The first-order valence-corrected chi connectivity index (χ1v) is 12.7. The number of nitrogens with zero attached hydrogens (tertiary/aromatic N) is 1. The Bertz CT molecular complexity index is 1380. The van der Waals surface area contributed by atoms with Crippen LogP contribution in [0.1, 0.15) is 68.8 Å². The number of ether oxygens (including phenoxy) is 2. The van der Waals surface area contributed by atoms with Gasteiger partial charge in [-0.15, -0.1) is 0 Å². The van der Waals surface area contributed by atoms with E-state index >= 15 is 0 Å². The van der Waals surface area contributed by atoms with Gasteiger partial charge in [-0.05, 0) is 58.4 Å². The van der Waals surface area contributed by atoms with E-state index in [1.807, 2.05) is 48.5 Å². The van der Waals surface area contributed by atoms with Crippen LogP contribution in [-0.4, -0.2) is 31.0 Å². The zero-order valence-electron chi connectivity index (χ0n) is 23.0. The third kappa shape index (κ3) is 4.91. The Morgan fingerprint density at radius 3 is 2.05 bits per heavy atom. The summed E-state index contributed by atoms with van der Waals surface area (Å²) in [5.74, 6) is -0.610. The summed E-state index contributed by atoms with van der Waals surface area (Å²) in [6.45, 7) is 10.6. The number of ketones is 1. The number of carbonyl (C=O) groups is 2. The van der Waals surface area contributed by atoms with Crippen molar-refractivity contribution >= 4 is 23.1 Å². The van der Waals surface area contributed by atoms with Gasteiger partial charge in [-0.2, -0.15) is 0 Å². The molecule has 1 fully saturated rings. The fourth-order valence-electron chi connectivity index (χ4n) is 4.74. The molecule has 4 rings (SSSR count). The van der Waals surface area contributed by atoms with Crippen LogP contribution >= 0.6 is 0 Å². The molecule has 3 aromatic carbocycles. The monoisotopic (exact) mass is 513 g/mol. The topological polar surface area (TPSA) is 76.1 Å². The predicted molar refractivity (Wildman–Crippen MR) is 150 cm³/mol. The number of aliphatic hydroxyl groups excluding tert-OH is 1. The van der Waals surface area contributed by atoms with Crippen LogP contribution in [0.25, 0.3) is 5.76 Å². The van der Waals surface area contributed by atoms with Crippen LogP contribution in [0.5, 0.6) is 11.5 Å². The highest BCUT2D eigenvalue weighted by molar-refractivity contribution is 6.51. The van der Waals surface area contributed by atoms with E-state index in [2.05, 4.69) is 34.6 Å². The molecule has 198 valence electrons. The lowest BCUT2D eigenvalue weighted by Gasteiger charge is -2.27. The lowest BCUT2D eigenvalue weighted by molar-refractivity contribution is -0.132. The van der Waals surface area contributed by atoms with Gasteiger partial charge in [0.25, 0.3) is 11.7 Å². The van der Waals surface area contributed by atoms with E-state index in [4.69, 9.17) is 9.47 Å². The number of rotatable bonds is 6. The third-order valence-corrected chi connectivity index (χ3v) is 7.04. The summed E-state index contributed by atoms with van der Waals surface area (Å²) >= 11 is 0. The van der Waals surface area contributed by atoms with Crippen molar-refractivity contribution in [2.24, 2.45) is 0 Å². The van der Waals surface area contributed by atoms with Gasteiger partial charge in [0.05, 0.1) is 31.4 Å². The van der Waals surface area contributed by atoms with Crippen LogP contribution in [0.2, 0.25) is 0 Å². The molecule has 0 saturated carbocycles. The Morgan fingerprint density at radius 2 is 1.53 bits per heavy atom. The average molecular weight is 514 g/mol. The number of hydrogen-bond donors (Lipinski definition) is 1. The molecule has 6 heteroatoms. The van der Waals surface area contributed by atoms with E-state index in [9.17, 15) is 14.7 Å². The van der Waals surface area contributed by atoms with E-state index in [1.165, 1.54) is 19.1 Å². The van der Waals surface area contributed by atoms with Crippen molar-refractivity contribution in [3.8, 4) is 11.5 Å². The number of Topliss-reactive ketones (excluding diaryl/α,β-unsaturated/α-hetero) is 1. The summed E-state index contributed by atoms with van der Waals surface area (Å²) in [5, 5.41) is 11.6. The molecule has 1 amide bonds. The minimum Gasteiger partial charge on any atom is -0.507 e. The van der Waals surface area contributed by atoms with Gasteiger partial charge < -0.3 is 14.6 Å². The highest BCUT2D eigenvalue weighted by Crippen LogP contribution is 2.44. The van der Waals surface area contributed by atoms with Gasteiger partial charge in [-0.1, -0.05) is 71.0 Å². The van der Waals surface area contributed by atoms with Crippen molar-refractivity contribution in [2.75, 3.05) is 19.1 Å². The Morgan fingerprint density at radius 1 is 0.895 bits per heavy atom. The van der Waals surface area contributed by atoms with Crippen LogP contribution in [0.15, 0.2) is 72.3 Å².